The summed E-state index contributed by atoms with van der Waals surface area (Å²) in [6, 6.07) is 0. The first kappa shape index (κ1) is 30.0. The average molecular weight is 549 g/mol. The minimum Gasteiger partial charge on any atom is -0.394 e. The Balaban J connectivity index is 1.24. The summed E-state index contributed by atoms with van der Waals surface area (Å²) in [5, 5.41) is 40.3. The van der Waals surface area contributed by atoms with Crippen LogP contribution in [-0.4, -0.2) is 63.8 Å². The van der Waals surface area contributed by atoms with Crippen molar-refractivity contribution in [2.24, 2.45) is 46.3 Å². The topological polar surface area (TPSA) is 99.4 Å². The summed E-state index contributed by atoms with van der Waals surface area (Å²) >= 11 is 0. The molecule has 0 amide bonds. The third-order valence-corrected chi connectivity index (χ3v) is 12.4. The second kappa shape index (κ2) is 11.6. The summed E-state index contributed by atoms with van der Waals surface area (Å²) in [4.78, 5) is 0. The number of ether oxygens (including phenoxy) is 2. The van der Waals surface area contributed by atoms with Crippen LogP contribution in [0.5, 0.6) is 0 Å². The fourth-order valence-corrected chi connectivity index (χ4v) is 10.1. The quantitative estimate of drug-likeness (QED) is 0.311. The molecular formula is C33H56O6. The van der Waals surface area contributed by atoms with Gasteiger partial charge in [-0.3, -0.25) is 0 Å². The van der Waals surface area contributed by atoms with Crippen molar-refractivity contribution >= 4 is 0 Å². The van der Waals surface area contributed by atoms with Crippen molar-refractivity contribution in [3.05, 3.63) is 11.6 Å². The molecule has 4 aliphatic carbocycles. The van der Waals surface area contributed by atoms with E-state index in [1.807, 2.05) is 0 Å². The molecule has 6 heteroatoms. The average Bonchev–Trinajstić information content (AvgIpc) is 3.26. The maximum absolute atomic E-state index is 10.5. The van der Waals surface area contributed by atoms with E-state index < -0.39 is 37.3 Å². The molecule has 224 valence electrons. The first-order chi connectivity index (χ1) is 18.5. The van der Waals surface area contributed by atoms with Crippen LogP contribution in [0.1, 0.15) is 105 Å². The maximum atomic E-state index is 10.5. The number of hydrogen-bond acceptors (Lipinski definition) is 6. The van der Waals surface area contributed by atoms with Crippen LogP contribution < -0.4 is 0 Å². The zero-order valence-electron chi connectivity index (χ0n) is 25.1. The van der Waals surface area contributed by atoms with Crippen LogP contribution >= 0.6 is 0 Å². The molecule has 0 bridgehead atoms. The summed E-state index contributed by atoms with van der Waals surface area (Å²) < 4.78 is 11.9. The van der Waals surface area contributed by atoms with Crippen LogP contribution in [0.3, 0.4) is 0 Å². The van der Waals surface area contributed by atoms with Gasteiger partial charge in [0, 0.05) is 0 Å². The van der Waals surface area contributed by atoms with Gasteiger partial charge in [0.2, 0.25) is 0 Å². The van der Waals surface area contributed by atoms with Gasteiger partial charge < -0.3 is 29.9 Å². The van der Waals surface area contributed by atoms with Gasteiger partial charge in [0.1, 0.15) is 24.4 Å². The summed E-state index contributed by atoms with van der Waals surface area (Å²) in [5.41, 5.74) is 2.20. The van der Waals surface area contributed by atoms with Crippen molar-refractivity contribution in [3.63, 3.8) is 0 Å². The van der Waals surface area contributed by atoms with E-state index in [1.54, 1.807) is 0 Å². The molecule has 4 fully saturated rings. The third-order valence-electron chi connectivity index (χ3n) is 12.4. The van der Waals surface area contributed by atoms with Crippen LogP contribution in [0.15, 0.2) is 11.6 Å². The maximum Gasteiger partial charge on any atom is 0.186 e. The molecule has 4 N–H and O–H groups in total. The molecule has 0 aromatic carbocycles. The second-order valence-corrected chi connectivity index (χ2v) is 15.0. The summed E-state index contributed by atoms with van der Waals surface area (Å²) in [7, 11) is 0. The van der Waals surface area contributed by atoms with Gasteiger partial charge in [-0.2, -0.15) is 0 Å². The van der Waals surface area contributed by atoms with E-state index in [1.165, 1.54) is 56.9 Å². The number of aliphatic hydroxyl groups is 4. The van der Waals surface area contributed by atoms with Crippen molar-refractivity contribution in [2.75, 3.05) is 6.61 Å². The van der Waals surface area contributed by atoms with Crippen LogP contribution in [0, 0.1) is 46.3 Å². The molecule has 13 atom stereocenters. The molecule has 0 aromatic rings. The van der Waals surface area contributed by atoms with E-state index >= 15 is 0 Å². The van der Waals surface area contributed by atoms with E-state index in [0.29, 0.717) is 5.41 Å². The van der Waals surface area contributed by atoms with E-state index in [2.05, 4.69) is 40.7 Å². The van der Waals surface area contributed by atoms with Crippen LogP contribution in [0.2, 0.25) is 0 Å². The standard InChI is InChI=1S/C33H56O6/c1-19(2)7-6-8-20(3)24-11-12-25-23-10-9-21-17-22(13-15-32(21,4)26(23)14-16-33(24,25)5)38-31-30(37)29(36)28(35)27(18-34)39-31/h9,19-20,22-31,34-37H,6-8,10-18H2,1-5H3/t20-,22?,23?,24-,25?,26?,27-,28-,29+,30-,31?,32+,33-/m1/s1. The lowest BCUT2D eigenvalue weighted by Gasteiger charge is -2.58. The molecule has 5 unspecified atom stereocenters. The molecule has 5 rings (SSSR count). The molecule has 1 heterocycles. The van der Waals surface area contributed by atoms with Crippen molar-refractivity contribution in [1.29, 1.82) is 0 Å². The van der Waals surface area contributed by atoms with Gasteiger partial charge in [-0.1, -0.05) is 65.5 Å². The summed E-state index contributed by atoms with van der Waals surface area (Å²) in [6.45, 7) is 12.0. The zero-order chi connectivity index (χ0) is 28.1. The number of fused-ring (bicyclic) bond motifs is 5. The fourth-order valence-electron chi connectivity index (χ4n) is 10.1. The predicted molar refractivity (Wildman–Crippen MR) is 152 cm³/mol. The van der Waals surface area contributed by atoms with Gasteiger partial charge in [0.25, 0.3) is 0 Å². The molecule has 39 heavy (non-hydrogen) atoms. The van der Waals surface area contributed by atoms with Crippen LogP contribution in [-0.2, 0) is 9.47 Å². The van der Waals surface area contributed by atoms with E-state index in [0.717, 1.165) is 54.8 Å². The second-order valence-electron chi connectivity index (χ2n) is 15.0. The van der Waals surface area contributed by atoms with Crippen LogP contribution in [0.4, 0.5) is 0 Å². The Morgan fingerprint density at radius 3 is 2.44 bits per heavy atom. The van der Waals surface area contributed by atoms with Gasteiger partial charge in [0.15, 0.2) is 6.29 Å². The Hall–Kier alpha value is -0.500. The van der Waals surface area contributed by atoms with Crippen molar-refractivity contribution in [1.82, 2.24) is 0 Å². The van der Waals surface area contributed by atoms with Gasteiger partial charge in [0.05, 0.1) is 12.7 Å². The SMILES string of the molecule is CC(C)CCC[C@@H](C)[C@H]1CCC2C3CC=C4CC(OC5O[C@H](CO)[C@@H](O)[C@H](O)[C@H]5O)CC[C@]4(C)C3CC[C@@]21C. The Bertz CT molecular complexity index is 872. The molecule has 0 spiro atoms. The molecule has 1 aliphatic heterocycles. The largest absolute Gasteiger partial charge is 0.394 e. The minimum absolute atomic E-state index is 0.0984. The van der Waals surface area contributed by atoms with Gasteiger partial charge in [-0.05, 0) is 97.7 Å². The number of aliphatic hydroxyl groups excluding tert-OH is 4. The summed E-state index contributed by atoms with van der Waals surface area (Å²) in [6.07, 6.45) is 9.98. The normalized spacial score (nSPS) is 48.7. The first-order valence-electron chi connectivity index (χ1n) is 16.1. The van der Waals surface area contributed by atoms with Crippen molar-refractivity contribution < 1.29 is 29.9 Å². The van der Waals surface area contributed by atoms with E-state index in [4.69, 9.17) is 9.47 Å². The predicted octanol–water partition coefficient (Wildman–Crippen LogP) is 5.21. The molecule has 0 radical (unpaired) electrons. The Kier molecular flexibility index (Phi) is 8.95. The molecule has 0 aromatic heterocycles. The lowest BCUT2D eigenvalue weighted by molar-refractivity contribution is -0.313. The smallest absolute Gasteiger partial charge is 0.186 e. The third kappa shape index (κ3) is 5.41. The highest BCUT2D eigenvalue weighted by Gasteiger charge is 2.59. The first-order valence-corrected chi connectivity index (χ1v) is 16.1. The lowest BCUT2D eigenvalue weighted by Crippen LogP contribution is -2.60. The van der Waals surface area contributed by atoms with Gasteiger partial charge in [-0.25, -0.2) is 0 Å². The number of rotatable bonds is 8. The Labute approximate surface area is 236 Å². The van der Waals surface area contributed by atoms with Crippen molar-refractivity contribution in [2.45, 2.75) is 142 Å². The highest BCUT2D eigenvalue weighted by Crippen LogP contribution is 2.67. The lowest BCUT2D eigenvalue weighted by atomic mass is 9.47. The molecular weight excluding hydrogens is 492 g/mol. The Morgan fingerprint density at radius 2 is 1.72 bits per heavy atom. The van der Waals surface area contributed by atoms with Gasteiger partial charge in [-0.15, -0.1) is 0 Å². The minimum atomic E-state index is -1.39. The van der Waals surface area contributed by atoms with E-state index in [-0.39, 0.29) is 11.5 Å². The van der Waals surface area contributed by atoms with Gasteiger partial charge >= 0.3 is 0 Å². The molecule has 3 saturated carbocycles. The highest BCUT2D eigenvalue weighted by atomic mass is 16.7. The van der Waals surface area contributed by atoms with E-state index in [9.17, 15) is 20.4 Å². The monoisotopic (exact) mass is 548 g/mol. The van der Waals surface area contributed by atoms with Crippen LogP contribution in [0.25, 0.3) is 0 Å². The Morgan fingerprint density at radius 1 is 0.949 bits per heavy atom. The molecule has 6 nitrogen and oxygen atoms in total. The molecule has 5 aliphatic rings. The highest BCUT2D eigenvalue weighted by molar-refractivity contribution is 5.25. The molecule has 1 saturated heterocycles. The fraction of sp³-hybridized carbons (Fsp3) is 0.939. The van der Waals surface area contributed by atoms with Crippen molar-refractivity contribution in [3.8, 4) is 0 Å². The summed E-state index contributed by atoms with van der Waals surface area (Å²) in [5.74, 6) is 4.87. The zero-order valence-corrected chi connectivity index (χ0v) is 25.1. The number of hydrogen-bond donors (Lipinski definition) is 4. The number of allylic oxidation sites excluding steroid dienone is 1.